The van der Waals surface area contributed by atoms with E-state index in [0.717, 1.165) is 19.4 Å². The molecule has 7 nitrogen and oxygen atoms in total. The number of aliphatic hydroxyl groups is 1. The van der Waals surface area contributed by atoms with Crippen LogP contribution in [0.5, 0.6) is 0 Å². The van der Waals surface area contributed by atoms with Gasteiger partial charge in [-0.2, -0.15) is 0 Å². The molecule has 0 spiro atoms. The molecule has 2 rings (SSSR count). The average molecular weight is 280 g/mol. The lowest BCUT2D eigenvalue weighted by Crippen LogP contribution is -2.39. The van der Waals surface area contributed by atoms with Gasteiger partial charge in [-0.1, -0.05) is 0 Å². The monoisotopic (exact) mass is 280 g/mol. The Morgan fingerprint density at radius 2 is 2.45 bits per heavy atom. The topological polar surface area (TPSA) is 91.5 Å². The van der Waals surface area contributed by atoms with Crippen LogP contribution in [0.4, 0.5) is 11.5 Å². The number of aryl methyl sites for hydroxylation is 1. The molecular formula is C13H20N4O3. The predicted octanol–water partition coefficient (Wildman–Crippen LogP) is 0.849. The van der Waals surface area contributed by atoms with Crippen molar-refractivity contribution in [3.05, 3.63) is 27.9 Å². The van der Waals surface area contributed by atoms with Gasteiger partial charge in [0.05, 0.1) is 11.5 Å². The minimum atomic E-state index is -0.399. The van der Waals surface area contributed by atoms with Crippen molar-refractivity contribution in [2.45, 2.75) is 25.8 Å². The first-order valence-corrected chi connectivity index (χ1v) is 6.82. The number of pyridine rings is 1. The highest BCUT2D eigenvalue weighted by atomic mass is 16.6. The Hall–Kier alpha value is -1.73. The van der Waals surface area contributed by atoms with Gasteiger partial charge in [-0.05, 0) is 32.4 Å². The molecular weight excluding hydrogens is 260 g/mol. The number of nitro groups is 1. The third-order valence-corrected chi connectivity index (χ3v) is 3.56. The first-order valence-electron chi connectivity index (χ1n) is 6.82. The van der Waals surface area contributed by atoms with E-state index in [1.54, 1.807) is 24.1 Å². The molecule has 1 fully saturated rings. The van der Waals surface area contributed by atoms with Gasteiger partial charge < -0.3 is 15.3 Å². The van der Waals surface area contributed by atoms with Crippen LogP contribution in [-0.2, 0) is 0 Å². The van der Waals surface area contributed by atoms with E-state index in [1.165, 1.54) is 0 Å². The van der Waals surface area contributed by atoms with Crippen LogP contribution in [0.25, 0.3) is 0 Å². The molecule has 0 amide bonds. The second-order valence-electron chi connectivity index (χ2n) is 5.02. The molecule has 0 radical (unpaired) electrons. The quantitative estimate of drug-likeness (QED) is 0.593. The summed E-state index contributed by atoms with van der Waals surface area (Å²) in [6.07, 6.45) is 3.73. The lowest BCUT2D eigenvalue weighted by Gasteiger charge is -2.26. The summed E-state index contributed by atoms with van der Waals surface area (Å²) in [7, 11) is 0. The highest BCUT2D eigenvalue weighted by Gasteiger charge is 2.26. The molecule has 7 heteroatoms. The van der Waals surface area contributed by atoms with Gasteiger partial charge in [-0.25, -0.2) is 4.98 Å². The third-order valence-electron chi connectivity index (χ3n) is 3.56. The summed E-state index contributed by atoms with van der Waals surface area (Å²) in [6.45, 7) is 3.59. The maximum absolute atomic E-state index is 11.2. The van der Waals surface area contributed by atoms with Crippen molar-refractivity contribution in [1.82, 2.24) is 10.3 Å². The van der Waals surface area contributed by atoms with Crippen molar-refractivity contribution >= 4 is 11.5 Å². The van der Waals surface area contributed by atoms with Gasteiger partial charge in [0, 0.05) is 30.9 Å². The highest BCUT2D eigenvalue weighted by molar-refractivity contribution is 5.61. The summed E-state index contributed by atoms with van der Waals surface area (Å²) in [5.41, 5.74) is 0.612. The SMILES string of the molecule is Cc1ccnc(N(CCO)CC2CCCN2)c1[N+](=O)[O-]. The largest absolute Gasteiger partial charge is 0.395 e. The summed E-state index contributed by atoms with van der Waals surface area (Å²) in [5.74, 6) is 0.345. The van der Waals surface area contributed by atoms with Gasteiger partial charge in [0.1, 0.15) is 0 Å². The number of nitrogens with one attached hydrogen (secondary N) is 1. The number of nitrogens with zero attached hydrogens (tertiary/aromatic N) is 3. The summed E-state index contributed by atoms with van der Waals surface area (Å²) in [5, 5.41) is 23.8. The Morgan fingerprint density at radius 3 is 3.05 bits per heavy atom. The van der Waals surface area contributed by atoms with Crippen molar-refractivity contribution in [3.8, 4) is 0 Å². The lowest BCUT2D eigenvalue weighted by atomic mass is 10.2. The minimum Gasteiger partial charge on any atom is -0.395 e. The first-order chi connectivity index (χ1) is 9.63. The summed E-state index contributed by atoms with van der Waals surface area (Å²) >= 11 is 0. The highest BCUT2D eigenvalue weighted by Crippen LogP contribution is 2.29. The molecule has 110 valence electrons. The number of anilines is 1. The first kappa shape index (κ1) is 14.7. The molecule has 1 unspecified atom stereocenters. The molecule has 1 aliphatic heterocycles. The van der Waals surface area contributed by atoms with E-state index in [4.69, 9.17) is 0 Å². The van der Waals surface area contributed by atoms with Crippen molar-refractivity contribution in [3.63, 3.8) is 0 Å². The molecule has 2 heterocycles. The maximum atomic E-state index is 11.2. The average Bonchev–Trinajstić information content (AvgIpc) is 2.90. The van der Waals surface area contributed by atoms with Crippen molar-refractivity contribution < 1.29 is 10.0 Å². The predicted molar refractivity (Wildman–Crippen MR) is 76.0 cm³/mol. The smallest absolute Gasteiger partial charge is 0.314 e. The second kappa shape index (κ2) is 6.62. The Morgan fingerprint density at radius 1 is 1.65 bits per heavy atom. The molecule has 1 aromatic heterocycles. The van der Waals surface area contributed by atoms with Crippen LogP contribution in [-0.4, -0.2) is 47.3 Å². The van der Waals surface area contributed by atoms with E-state index >= 15 is 0 Å². The molecule has 0 aromatic carbocycles. The number of hydrogen-bond acceptors (Lipinski definition) is 6. The van der Waals surface area contributed by atoms with Crippen molar-refractivity contribution in [2.75, 3.05) is 31.1 Å². The van der Waals surface area contributed by atoms with Gasteiger partial charge >= 0.3 is 5.69 Å². The van der Waals surface area contributed by atoms with E-state index in [2.05, 4.69) is 10.3 Å². The molecule has 0 aliphatic carbocycles. The summed E-state index contributed by atoms with van der Waals surface area (Å²) < 4.78 is 0. The van der Waals surface area contributed by atoms with E-state index in [9.17, 15) is 15.2 Å². The van der Waals surface area contributed by atoms with Crippen LogP contribution < -0.4 is 10.2 Å². The van der Waals surface area contributed by atoms with Crippen LogP contribution in [0.3, 0.4) is 0 Å². The van der Waals surface area contributed by atoms with Gasteiger partial charge in [0.25, 0.3) is 0 Å². The van der Waals surface area contributed by atoms with E-state index < -0.39 is 4.92 Å². The van der Waals surface area contributed by atoms with Crippen molar-refractivity contribution in [1.29, 1.82) is 0 Å². The molecule has 0 saturated carbocycles. The zero-order chi connectivity index (χ0) is 14.5. The second-order valence-corrected chi connectivity index (χ2v) is 5.02. The minimum absolute atomic E-state index is 0.0268. The number of rotatable bonds is 6. The van der Waals surface area contributed by atoms with Crippen LogP contribution in [0.15, 0.2) is 12.3 Å². The van der Waals surface area contributed by atoms with E-state index in [0.29, 0.717) is 30.5 Å². The summed E-state index contributed by atoms with van der Waals surface area (Å²) in [4.78, 5) is 16.8. The summed E-state index contributed by atoms with van der Waals surface area (Å²) in [6, 6.07) is 1.93. The fraction of sp³-hybridized carbons (Fsp3) is 0.615. The van der Waals surface area contributed by atoms with Crippen LogP contribution in [0, 0.1) is 17.0 Å². The fourth-order valence-electron chi connectivity index (χ4n) is 2.58. The van der Waals surface area contributed by atoms with Gasteiger partial charge in [0.15, 0.2) is 0 Å². The van der Waals surface area contributed by atoms with Crippen LogP contribution in [0.1, 0.15) is 18.4 Å². The van der Waals surface area contributed by atoms with Gasteiger partial charge in [0.2, 0.25) is 5.82 Å². The number of hydrogen-bond donors (Lipinski definition) is 2. The van der Waals surface area contributed by atoms with Crippen molar-refractivity contribution in [2.24, 2.45) is 0 Å². The van der Waals surface area contributed by atoms with Crippen LogP contribution in [0.2, 0.25) is 0 Å². The third kappa shape index (κ3) is 3.23. The maximum Gasteiger partial charge on any atom is 0.314 e. The lowest BCUT2D eigenvalue weighted by molar-refractivity contribution is -0.384. The molecule has 1 aliphatic rings. The van der Waals surface area contributed by atoms with Gasteiger partial charge in [-0.3, -0.25) is 10.1 Å². The number of aliphatic hydroxyl groups excluding tert-OH is 1. The molecule has 1 atom stereocenters. The normalized spacial score (nSPS) is 18.2. The zero-order valence-corrected chi connectivity index (χ0v) is 11.6. The Kier molecular flexibility index (Phi) is 4.86. The fourth-order valence-corrected chi connectivity index (χ4v) is 2.58. The van der Waals surface area contributed by atoms with E-state index in [-0.39, 0.29) is 12.3 Å². The molecule has 1 aromatic rings. The molecule has 0 bridgehead atoms. The van der Waals surface area contributed by atoms with Crippen LogP contribution >= 0.6 is 0 Å². The standard InChI is InChI=1S/C13H20N4O3/c1-10-4-6-15-13(12(10)17(19)20)16(7-8-18)9-11-3-2-5-14-11/h4,6,11,14,18H,2-3,5,7-9H2,1H3. The Labute approximate surface area is 117 Å². The Bertz CT molecular complexity index is 475. The molecule has 1 saturated heterocycles. The molecule has 20 heavy (non-hydrogen) atoms. The van der Waals surface area contributed by atoms with Gasteiger partial charge in [-0.15, -0.1) is 0 Å². The van der Waals surface area contributed by atoms with E-state index in [1.807, 2.05) is 0 Å². The zero-order valence-electron chi connectivity index (χ0n) is 11.6. The number of aromatic nitrogens is 1. The molecule has 2 N–H and O–H groups in total. The Balaban J connectivity index is 2.28.